The molecule has 0 spiro atoms. The van der Waals surface area contributed by atoms with Crippen LogP contribution in [0.5, 0.6) is 0 Å². The lowest BCUT2D eigenvalue weighted by atomic mass is 9.99. The van der Waals surface area contributed by atoms with Crippen LogP contribution in [0.3, 0.4) is 0 Å². The number of hydrogen-bond acceptors (Lipinski definition) is 5. The normalized spacial score (nSPS) is 12.7. The van der Waals surface area contributed by atoms with Crippen molar-refractivity contribution in [1.82, 2.24) is 19.5 Å². The molecule has 120 valence electrons. The average molecular weight is 318 g/mol. The summed E-state index contributed by atoms with van der Waals surface area (Å²) in [5.74, 6) is 1.34. The van der Waals surface area contributed by atoms with E-state index in [9.17, 15) is 0 Å². The fourth-order valence-electron chi connectivity index (χ4n) is 3.03. The van der Waals surface area contributed by atoms with Gasteiger partial charge in [0.05, 0.1) is 10.9 Å². The van der Waals surface area contributed by atoms with Gasteiger partial charge < -0.3 is 16.0 Å². The Balaban J connectivity index is 1.68. The van der Waals surface area contributed by atoms with Crippen molar-refractivity contribution >= 4 is 33.6 Å². The maximum absolute atomic E-state index is 5.90. The van der Waals surface area contributed by atoms with E-state index in [0.29, 0.717) is 17.6 Å². The number of hydrogen-bond donors (Lipinski definition) is 2. The molecule has 0 radical (unpaired) electrons. The first-order valence-corrected chi connectivity index (χ1v) is 7.83. The fourth-order valence-corrected chi connectivity index (χ4v) is 3.03. The molecule has 6 nitrogen and oxygen atoms in total. The van der Waals surface area contributed by atoms with Gasteiger partial charge in [0.1, 0.15) is 23.6 Å². The van der Waals surface area contributed by atoms with E-state index in [-0.39, 0.29) is 0 Å². The van der Waals surface area contributed by atoms with Crippen LogP contribution in [0, 0.1) is 0 Å². The summed E-state index contributed by atoms with van der Waals surface area (Å²) < 4.78 is 2.11. The van der Waals surface area contributed by atoms with Crippen LogP contribution >= 0.6 is 0 Å². The average Bonchev–Trinajstić information content (AvgIpc) is 2.98. The summed E-state index contributed by atoms with van der Waals surface area (Å²) in [4.78, 5) is 12.8. The van der Waals surface area contributed by atoms with Crippen LogP contribution < -0.4 is 11.5 Å². The molecule has 4 N–H and O–H groups in total. The number of nitrogen functional groups attached to an aromatic ring is 2. The maximum Gasteiger partial charge on any atom is 0.145 e. The van der Waals surface area contributed by atoms with Crippen LogP contribution in [0.4, 0.5) is 11.6 Å². The van der Waals surface area contributed by atoms with Gasteiger partial charge in [-0.1, -0.05) is 19.1 Å². The largest absolute Gasteiger partial charge is 0.384 e. The van der Waals surface area contributed by atoms with E-state index < -0.39 is 0 Å². The third kappa shape index (κ3) is 2.42. The highest BCUT2D eigenvalue weighted by Gasteiger charge is 2.11. The SMILES string of the molecule is CC(Cn1ccc2c(N)ncnc21)c1ccc2ccc(N)nc2c1. The van der Waals surface area contributed by atoms with Crippen molar-refractivity contribution in [1.29, 1.82) is 0 Å². The first-order valence-electron chi connectivity index (χ1n) is 7.83. The van der Waals surface area contributed by atoms with E-state index in [4.69, 9.17) is 11.5 Å². The maximum atomic E-state index is 5.90. The third-order valence-corrected chi connectivity index (χ3v) is 4.36. The minimum Gasteiger partial charge on any atom is -0.384 e. The Kier molecular flexibility index (Phi) is 3.30. The molecule has 0 saturated carbocycles. The third-order valence-electron chi connectivity index (χ3n) is 4.36. The molecule has 1 aromatic carbocycles. The van der Waals surface area contributed by atoms with Crippen molar-refractivity contribution < 1.29 is 0 Å². The van der Waals surface area contributed by atoms with E-state index in [2.05, 4.69) is 44.6 Å². The Morgan fingerprint density at radius 3 is 2.79 bits per heavy atom. The molecule has 6 heteroatoms. The van der Waals surface area contributed by atoms with Gasteiger partial charge in [0.2, 0.25) is 0 Å². The highest BCUT2D eigenvalue weighted by Crippen LogP contribution is 2.25. The molecule has 0 aliphatic heterocycles. The monoisotopic (exact) mass is 318 g/mol. The number of rotatable bonds is 3. The summed E-state index contributed by atoms with van der Waals surface area (Å²) in [6, 6.07) is 12.1. The topological polar surface area (TPSA) is 95.6 Å². The minimum atomic E-state index is 0.296. The molecule has 4 rings (SSSR count). The van der Waals surface area contributed by atoms with Gasteiger partial charge in [-0.05, 0) is 35.7 Å². The molecule has 4 aromatic rings. The lowest BCUT2D eigenvalue weighted by Gasteiger charge is -2.14. The van der Waals surface area contributed by atoms with Gasteiger partial charge in [-0.15, -0.1) is 0 Å². The molecule has 24 heavy (non-hydrogen) atoms. The molecule has 0 aliphatic carbocycles. The van der Waals surface area contributed by atoms with Crippen LogP contribution in [0.2, 0.25) is 0 Å². The molecular formula is C18H18N6. The molecular weight excluding hydrogens is 300 g/mol. The second kappa shape index (κ2) is 5.49. The highest BCUT2D eigenvalue weighted by atomic mass is 15.1. The minimum absolute atomic E-state index is 0.296. The van der Waals surface area contributed by atoms with Crippen molar-refractivity contribution in [3.63, 3.8) is 0 Å². The first-order chi connectivity index (χ1) is 11.6. The lowest BCUT2D eigenvalue weighted by Crippen LogP contribution is -2.06. The van der Waals surface area contributed by atoms with E-state index in [1.165, 1.54) is 11.9 Å². The van der Waals surface area contributed by atoms with E-state index in [0.717, 1.165) is 28.5 Å². The Bertz CT molecular complexity index is 1040. The van der Waals surface area contributed by atoms with Crippen LogP contribution in [0.25, 0.3) is 21.9 Å². The molecule has 1 atom stereocenters. The summed E-state index contributed by atoms with van der Waals surface area (Å²) >= 11 is 0. The number of nitrogens with zero attached hydrogens (tertiary/aromatic N) is 4. The summed E-state index contributed by atoms with van der Waals surface area (Å²) in [5.41, 5.74) is 14.7. The van der Waals surface area contributed by atoms with E-state index in [1.54, 1.807) is 0 Å². The second-order valence-corrected chi connectivity index (χ2v) is 6.05. The zero-order valence-corrected chi connectivity index (χ0v) is 13.3. The molecule has 0 amide bonds. The zero-order chi connectivity index (χ0) is 16.7. The Hall–Kier alpha value is -3.15. The fraction of sp³-hybridized carbons (Fsp3) is 0.167. The molecule has 3 heterocycles. The summed E-state index contributed by atoms with van der Waals surface area (Å²) in [6.07, 6.45) is 3.51. The predicted molar refractivity (Wildman–Crippen MR) is 96.5 cm³/mol. The van der Waals surface area contributed by atoms with Crippen molar-refractivity contribution in [3.8, 4) is 0 Å². The first kappa shape index (κ1) is 14.4. The number of pyridine rings is 1. The number of nitrogens with two attached hydrogens (primary N) is 2. The standard InChI is InChI=1S/C18H18N6/c1-11(9-24-7-6-14-17(20)21-10-22-18(14)24)13-3-2-12-4-5-16(19)23-15(12)8-13/h2-8,10-11H,9H2,1H3,(H2,19,23)(H2,20,21,22). The Morgan fingerprint density at radius 1 is 1.08 bits per heavy atom. The van der Waals surface area contributed by atoms with Crippen molar-refractivity contribution in [3.05, 3.63) is 54.5 Å². The lowest BCUT2D eigenvalue weighted by molar-refractivity contribution is 0.611. The van der Waals surface area contributed by atoms with Crippen LogP contribution in [0.1, 0.15) is 18.4 Å². The number of fused-ring (bicyclic) bond motifs is 2. The van der Waals surface area contributed by atoms with Gasteiger partial charge in [-0.3, -0.25) is 0 Å². The summed E-state index contributed by atoms with van der Waals surface area (Å²) in [5, 5.41) is 1.98. The molecule has 0 saturated heterocycles. The van der Waals surface area contributed by atoms with Crippen molar-refractivity contribution in [2.75, 3.05) is 11.5 Å². The van der Waals surface area contributed by atoms with Crippen LogP contribution in [-0.2, 0) is 6.54 Å². The molecule has 1 unspecified atom stereocenters. The summed E-state index contributed by atoms with van der Waals surface area (Å²) in [6.45, 7) is 2.98. The van der Waals surface area contributed by atoms with E-state index in [1.807, 2.05) is 24.4 Å². The van der Waals surface area contributed by atoms with Crippen LogP contribution in [-0.4, -0.2) is 19.5 Å². The van der Waals surface area contributed by atoms with E-state index >= 15 is 0 Å². The highest BCUT2D eigenvalue weighted by molar-refractivity contribution is 5.86. The molecule has 0 fully saturated rings. The van der Waals surface area contributed by atoms with Gasteiger partial charge in [-0.25, -0.2) is 15.0 Å². The second-order valence-electron chi connectivity index (χ2n) is 6.05. The predicted octanol–water partition coefficient (Wildman–Crippen LogP) is 2.95. The van der Waals surface area contributed by atoms with Gasteiger partial charge in [0.15, 0.2) is 0 Å². The molecule has 0 aliphatic rings. The molecule has 3 aromatic heterocycles. The van der Waals surface area contributed by atoms with Crippen molar-refractivity contribution in [2.24, 2.45) is 0 Å². The van der Waals surface area contributed by atoms with Gasteiger partial charge in [0.25, 0.3) is 0 Å². The van der Waals surface area contributed by atoms with Gasteiger partial charge in [0, 0.05) is 18.1 Å². The Labute approximate surface area is 139 Å². The summed E-state index contributed by atoms with van der Waals surface area (Å²) in [7, 11) is 0. The number of anilines is 2. The van der Waals surface area contributed by atoms with Crippen LogP contribution in [0.15, 0.2) is 48.9 Å². The number of aromatic nitrogens is 4. The quantitative estimate of drug-likeness (QED) is 0.605. The van der Waals surface area contributed by atoms with Gasteiger partial charge >= 0.3 is 0 Å². The molecule has 0 bridgehead atoms. The van der Waals surface area contributed by atoms with Crippen molar-refractivity contribution in [2.45, 2.75) is 19.4 Å². The Morgan fingerprint density at radius 2 is 1.92 bits per heavy atom. The smallest absolute Gasteiger partial charge is 0.145 e. The number of benzene rings is 1. The zero-order valence-electron chi connectivity index (χ0n) is 13.3. The van der Waals surface area contributed by atoms with Gasteiger partial charge in [-0.2, -0.15) is 0 Å².